The maximum absolute atomic E-state index is 5.47. The zero-order valence-corrected chi connectivity index (χ0v) is 9.07. The van der Waals surface area contributed by atoms with Gasteiger partial charge in [-0.3, -0.25) is 0 Å². The molecule has 80 valence electrons. The fourth-order valence-corrected chi connectivity index (χ4v) is 1.11. The second-order valence-corrected chi connectivity index (χ2v) is 3.23. The molecule has 0 aliphatic heterocycles. The van der Waals surface area contributed by atoms with Crippen LogP contribution in [-0.4, -0.2) is 40.4 Å². The van der Waals surface area contributed by atoms with E-state index in [2.05, 4.69) is 10.6 Å². The molecule has 0 fully saturated rings. The Morgan fingerprint density at radius 2 is 1.23 bits per heavy atom. The zero-order valence-electron chi connectivity index (χ0n) is 9.07. The SMILES string of the molecule is CNCCCCOCCCCNC. The van der Waals surface area contributed by atoms with Gasteiger partial charge in [0.15, 0.2) is 0 Å². The Kier molecular flexibility index (Phi) is 11.8. The smallest absolute Gasteiger partial charge is 0.0466 e. The van der Waals surface area contributed by atoms with Crippen molar-refractivity contribution in [2.45, 2.75) is 25.7 Å². The second-order valence-electron chi connectivity index (χ2n) is 3.23. The number of rotatable bonds is 10. The van der Waals surface area contributed by atoms with Crippen molar-refractivity contribution in [3.63, 3.8) is 0 Å². The van der Waals surface area contributed by atoms with E-state index in [1.54, 1.807) is 0 Å². The Labute approximate surface area is 82.2 Å². The first kappa shape index (κ1) is 12.9. The normalized spacial score (nSPS) is 10.6. The Morgan fingerprint density at radius 1 is 0.769 bits per heavy atom. The molecule has 0 heterocycles. The van der Waals surface area contributed by atoms with Gasteiger partial charge in [-0.25, -0.2) is 0 Å². The molecule has 3 nitrogen and oxygen atoms in total. The highest BCUT2D eigenvalue weighted by Crippen LogP contribution is 1.92. The number of unbranched alkanes of at least 4 members (excludes halogenated alkanes) is 2. The molecule has 0 aromatic heterocycles. The standard InChI is InChI=1S/C10H24N2O/c1-11-7-3-5-9-13-10-6-4-8-12-2/h11-12H,3-10H2,1-2H3. The molecule has 0 unspecified atom stereocenters. The van der Waals surface area contributed by atoms with Gasteiger partial charge < -0.3 is 15.4 Å². The summed E-state index contributed by atoms with van der Waals surface area (Å²) in [5.74, 6) is 0. The molecule has 0 spiro atoms. The first-order valence-electron chi connectivity index (χ1n) is 5.28. The summed E-state index contributed by atoms with van der Waals surface area (Å²) in [5.41, 5.74) is 0. The van der Waals surface area contributed by atoms with E-state index in [-0.39, 0.29) is 0 Å². The zero-order chi connectivity index (χ0) is 9.78. The third-order valence-corrected chi connectivity index (χ3v) is 1.93. The quantitative estimate of drug-likeness (QED) is 0.502. The molecule has 0 aromatic rings. The fourth-order valence-electron chi connectivity index (χ4n) is 1.11. The summed E-state index contributed by atoms with van der Waals surface area (Å²) >= 11 is 0. The molecule has 3 heteroatoms. The highest BCUT2D eigenvalue weighted by atomic mass is 16.5. The summed E-state index contributed by atoms with van der Waals surface area (Å²) in [7, 11) is 3.97. The second kappa shape index (κ2) is 11.9. The van der Waals surface area contributed by atoms with E-state index in [0.29, 0.717) is 0 Å². The predicted octanol–water partition coefficient (Wildman–Crippen LogP) is 1.00. The van der Waals surface area contributed by atoms with Crippen molar-refractivity contribution in [3.05, 3.63) is 0 Å². The highest BCUT2D eigenvalue weighted by molar-refractivity contribution is 4.44. The van der Waals surface area contributed by atoms with Crippen molar-refractivity contribution >= 4 is 0 Å². The van der Waals surface area contributed by atoms with Crippen LogP contribution in [0, 0.1) is 0 Å². The Bertz CT molecular complexity index is 79.0. The van der Waals surface area contributed by atoms with Crippen LogP contribution < -0.4 is 10.6 Å². The lowest BCUT2D eigenvalue weighted by Gasteiger charge is -2.03. The molecule has 13 heavy (non-hydrogen) atoms. The van der Waals surface area contributed by atoms with Crippen molar-refractivity contribution in [1.29, 1.82) is 0 Å². The molecule has 0 atom stereocenters. The topological polar surface area (TPSA) is 33.3 Å². The van der Waals surface area contributed by atoms with E-state index >= 15 is 0 Å². The number of hydrogen-bond donors (Lipinski definition) is 2. The third-order valence-electron chi connectivity index (χ3n) is 1.93. The van der Waals surface area contributed by atoms with Crippen LogP contribution in [-0.2, 0) is 4.74 Å². The minimum absolute atomic E-state index is 0.918. The van der Waals surface area contributed by atoms with E-state index in [1.165, 1.54) is 25.7 Å². The van der Waals surface area contributed by atoms with Gasteiger partial charge in [0.25, 0.3) is 0 Å². The summed E-state index contributed by atoms with van der Waals surface area (Å²) in [6.07, 6.45) is 4.78. The average Bonchev–Trinajstić information content (AvgIpc) is 2.16. The van der Waals surface area contributed by atoms with Gasteiger partial charge in [-0.1, -0.05) is 0 Å². The van der Waals surface area contributed by atoms with Crippen molar-refractivity contribution < 1.29 is 4.74 Å². The van der Waals surface area contributed by atoms with Gasteiger partial charge in [-0.05, 0) is 52.9 Å². The Balaban J connectivity index is 2.76. The van der Waals surface area contributed by atoms with E-state index < -0.39 is 0 Å². The lowest BCUT2D eigenvalue weighted by Crippen LogP contribution is -2.10. The van der Waals surface area contributed by atoms with E-state index in [1.807, 2.05) is 14.1 Å². The van der Waals surface area contributed by atoms with Crippen LogP contribution in [0.5, 0.6) is 0 Å². The first-order chi connectivity index (χ1) is 6.41. The van der Waals surface area contributed by atoms with Gasteiger partial charge in [0.1, 0.15) is 0 Å². The molecule has 0 rings (SSSR count). The van der Waals surface area contributed by atoms with Crippen LogP contribution in [0.2, 0.25) is 0 Å². The molecule has 0 aliphatic carbocycles. The summed E-state index contributed by atoms with van der Waals surface area (Å²) in [4.78, 5) is 0. The fraction of sp³-hybridized carbons (Fsp3) is 1.00. The molecular formula is C10H24N2O. The summed E-state index contributed by atoms with van der Waals surface area (Å²) < 4.78 is 5.47. The molecule has 2 N–H and O–H groups in total. The van der Waals surface area contributed by atoms with Gasteiger partial charge >= 0.3 is 0 Å². The number of ether oxygens (including phenoxy) is 1. The summed E-state index contributed by atoms with van der Waals surface area (Å²) in [6, 6.07) is 0. The van der Waals surface area contributed by atoms with Crippen LogP contribution in [0.25, 0.3) is 0 Å². The number of nitrogens with one attached hydrogen (secondary N) is 2. The van der Waals surface area contributed by atoms with Crippen LogP contribution in [0.4, 0.5) is 0 Å². The predicted molar refractivity (Wildman–Crippen MR) is 57.1 cm³/mol. The monoisotopic (exact) mass is 188 g/mol. The molecule has 0 aromatic carbocycles. The van der Waals surface area contributed by atoms with Crippen molar-refractivity contribution in [2.75, 3.05) is 40.4 Å². The molecule has 0 radical (unpaired) electrons. The lowest BCUT2D eigenvalue weighted by molar-refractivity contribution is 0.127. The molecule has 0 amide bonds. The van der Waals surface area contributed by atoms with Crippen LogP contribution in [0.1, 0.15) is 25.7 Å². The van der Waals surface area contributed by atoms with Gasteiger partial charge in [-0.15, -0.1) is 0 Å². The van der Waals surface area contributed by atoms with E-state index in [4.69, 9.17) is 4.74 Å². The maximum Gasteiger partial charge on any atom is 0.0466 e. The first-order valence-corrected chi connectivity index (χ1v) is 5.28. The van der Waals surface area contributed by atoms with Gasteiger partial charge in [0, 0.05) is 13.2 Å². The van der Waals surface area contributed by atoms with Gasteiger partial charge in [0.2, 0.25) is 0 Å². The highest BCUT2D eigenvalue weighted by Gasteiger charge is 1.89. The molecule has 0 bridgehead atoms. The molecule has 0 saturated carbocycles. The molecular weight excluding hydrogens is 164 g/mol. The van der Waals surface area contributed by atoms with Gasteiger partial charge in [-0.2, -0.15) is 0 Å². The minimum Gasteiger partial charge on any atom is -0.381 e. The van der Waals surface area contributed by atoms with Crippen LogP contribution in [0.3, 0.4) is 0 Å². The van der Waals surface area contributed by atoms with E-state index in [0.717, 1.165) is 26.3 Å². The molecule has 0 saturated heterocycles. The molecule has 0 aliphatic rings. The summed E-state index contributed by atoms with van der Waals surface area (Å²) in [5, 5.41) is 6.25. The largest absolute Gasteiger partial charge is 0.381 e. The van der Waals surface area contributed by atoms with Crippen molar-refractivity contribution in [2.24, 2.45) is 0 Å². The third kappa shape index (κ3) is 11.9. The maximum atomic E-state index is 5.47. The van der Waals surface area contributed by atoms with Gasteiger partial charge in [0.05, 0.1) is 0 Å². The van der Waals surface area contributed by atoms with Crippen molar-refractivity contribution in [1.82, 2.24) is 10.6 Å². The summed E-state index contributed by atoms with van der Waals surface area (Å²) in [6.45, 7) is 4.04. The van der Waals surface area contributed by atoms with Crippen LogP contribution in [0.15, 0.2) is 0 Å². The Hall–Kier alpha value is -0.120. The van der Waals surface area contributed by atoms with E-state index in [9.17, 15) is 0 Å². The van der Waals surface area contributed by atoms with Crippen LogP contribution >= 0.6 is 0 Å². The number of hydrogen-bond acceptors (Lipinski definition) is 3. The Morgan fingerprint density at radius 3 is 1.62 bits per heavy atom. The average molecular weight is 188 g/mol. The minimum atomic E-state index is 0.918. The van der Waals surface area contributed by atoms with Crippen molar-refractivity contribution in [3.8, 4) is 0 Å². The lowest BCUT2D eigenvalue weighted by atomic mass is 10.3.